The van der Waals surface area contributed by atoms with Gasteiger partial charge in [0.25, 0.3) is 11.8 Å². The number of carbonyl (C=O) groups is 2. The number of halogens is 1. The first-order valence-corrected chi connectivity index (χ1v) is 10.2. The zero-order chi connectivity index (χ0) is 21.5. The SMILES string of the molecule is Cn1ccc(C(=O)N2CC(F)CC2Cn2cc(C(=O)N3CCc4ccccc43)nn2)n1. The Labute approximate surface area is 178 Å². The summed E-state index contributed by atoms with van der Waals surface area (Å²) in [4.78, 5) is 28.9. The number of likely N-dealkylation sites (tertiary alicyclic amines) is 1. The number of amides is 2. The van der Waals surface area contributed by atoms with Gasteiger partial charge in [-0.15, -0.1) is 5.10 Å². The Hall–Kier alpha value is -3.56. The average Bonchev–Trinajstić information content (AvgIpc) is 3.54. The van der Waals surface area contributed by atoms with Crippen molar-refractivity contribution in [3.63, 3.8) is 0 Å². The maximum Gasteiger partial charge on any atom is 0.280 e. The lowest BCUT2D eigenvalue weighted by molar-refractivity contribution is 0.0707. The third-order valence-electron chi connectivity index (χ3n) is 5.84. The third kappa shape index (κ3) is 3.58. The number of para-hydroxylation sites is 1. The quantitative estimate of drug-likeness (QED) is 0.634. The second-order valence-corrected chi connectivity index (χ2v) is 7.98. The third-order valence-corrected chi connectivity index (χ3v) is 5.84. The van der Waals surface area contributed by atoms with Crippen LogP contribution < -0.4 is 4.90 Å². The summed E-state index contributed by atoms with van der Waals surface area (Å²) >= 11 is 0. The molecule has 2 unspecified atom stereocenters. The van der Waals surface area contributed by atoms with Crippen molar-refractivity contribution >= 4 is 17.5 Å². The van der Waals surface area contributed by atoms with Crippen LogP contribution in [0.5, 0.6) is 0 Å². The lowest BCUT2D eigenvalue weighted by atomic mass is 10.2. The van der Waals surface area contributed by atoms with E-state index in [0.29, 0.717) is 6.54 Å². The van der Waals surface area contributed by atoms with Gasteiger partial charge in [-0.1, -0.05) is 23.4 Å². The van der Waals surface area contributed by atoms with Crippen LogP contribution >= 0.6 is 0 Å². The van der Waals surface area contributed by atoms with Gasteiger partial charge in [0.05, 0.1) is 25.3 Å². The second kappa shape index (κ2) is 7.60. The molecule has 2 atom stereocenters. The summed E-state index contributed by atoms with van der Waals surface area (Å²) in [6, 6.07) is 9.03. The molecule has 0 N–H and O–H groups in total. The van der Waals surface area contributed by atoms with Gasteiger partial charge in [0, 0.05) is 31.9 Å². The Balaban J connectivity index is 1.31. The number of alkyl halides is 1. The average molecular weight is 423 g/mol. The highest BCUT2D eigenvalue weighted by atomic mass is 19.1. The largest absolute Gasteiger partial charge is 0.329 e. The molecule has 2 aliphatic rings. The number of hydrogen-bond donors (Lipinski definition) is 0. The fourth-order valence-electron chi connectivity index (χ4n) is 4.35. The summed E-state index contributed by atoms with van der Waals surface area (Å²) in [5.41, 5.74) is 2.54. The molecule has 2 aliphatic heterocycles. The molecule has 0 saturated carbocycles. The van der Waals surface area contributed by atoms with Crippen LogP contribution in [0.4, 0.5) is 10.1 Å². The van der Waals surface area contributed by atoms with E-state index in [1.807, 2.05) is 24.3 Å². The van der Waals surface area contributed by atoms with Crippen molar-refractivity contribution < 1.29 is 14.0 Å². The normalized spacial score (nSPS) is 20.3. The highest BCUT2D eigenvalue weighted by Crippen LogP contribution is 2.28. The summed E-state index contributed by atoms with van der Waals surface area (Å²) in [5, 5.41) is 12.2. The predicted octanol–water partition coefficient (Wildman–Crippen LogP) is 1.47. The number of benzene rings is 1. The predicted molar refractivity (Wildman–Crippen MR) is 109 cm³/mol. The van der Waals surface area contributed by atoms with E-state index in [-0.39, 0.29) is 48.8 Å². The van der Waals surface area contributed by atoms with Gasteiger partial charge in [0.15, 0.2) is 5.69 Å². The maximum atomic E-state index is 14.2. The van der Waals surface area contributed by atoms with Gasteiger partial charge < -0.3 is 9.80 Å². The van der Waals surface area contributed by atoms with Crippen molar-refractivity contribution in [2.24, 2.45) is 7.05 Å². The molecular weight excluding hydrogens is 401 g/mol. The molecular formula is C21H22FN7O2. The van der Waals surface area contributed by atoms with Gasteiger partial charge >= 0.3 is 0 Å². The zero-order valence-electron chi connectivity index (χ0n) is 17.1. The van der Waals surface area contributed by atoms with Crippen LogP contribution in [0, 0.1) is 0 Å². The Bertz CT molecular complexity index is 1140. The number of nitrogens with zero attached hydrogens (tertiary/aromatic N) is 7. The molecule has 1 fully saturated rings. The molecule has 3 aromatic rings. The van der Waals surface area contributed by atoms with Gasteiger partial charge in [-0.2, -0.15) is 5.10 Å². The van der Waals surface area contributed by atoms with E-state index in [2.05, 4.69) is 15.4 Å². The molecule has 31 heavy (non-hydrogen) atoms. The van der Waals surface area contributed by atoms with Crippen molar-refractivity contribution in [3.8, 4) is 0 Å². The molecule has 0 radical (unpaired) electrons. The number of hydrogen-bond acceptors (Lipinski definition) is 5. The number of carbonyl (C=O) groups excluding carboxylic acids is 2. The smallest absolute Gasteiger partial charge is 0.280 e. The molecule has 9 nitrogen and oxygen atoms in total. The van der Waals surface area contributed by atoms with E-state index in [1.54, 1.807) is 30.4 Å². The molecule has 10 heteroatoms. The Morgan fingerprint density at radius 1 is 1.16 bits per heavy atom. The number of aromatic nitrogens is 5. The van der Waals surface area contributed by atoms with Gasteiger partial charge in [-0.25, -0.2) is 9.07 Å². The summed E-state index contributed by atoms with van der Waals surface area (Å²) in [5.74, 6) is -0.525. The van der Waals surface area contributed by atoms with Crippen LogP contribution in [-0.2, 0) is 20.0 Å². The van der Waals surface area contributed by atoms with Crippen LogP contribution in [0.15, 0.2) is 42.7 Å². The number of anilines is 1. The van der Waals surface area contributed by atoms with E-state index in [0.717, 1.165) is 17.7 Å². The molecule has 2 amide bonds. The van der Waals surface area contributed by atoms with Crippen molar-refractivity contribution in [1.29, 1.82) is 0 Å². The molecule has 4 heterocycles. The Morgan fingerprint density at radius 3 is 2.81 bits per heavy atom. The molecule has 1 aromatic carbocycles. The van der Waals surface area contributed by atoms with Crippen LogP contribution in [0.25, 0.3) is 0 Å². The molecule has 0 bridgehead atoms. The first-order chi connectivity index (χ1) is 15.0. The maximum absolute atomic E-state index is 14.2. The molecule has 160 valence electrons. The lowest BCUT2D eigenvalue weighted by Gasteiger charge is -2.23. The standard InChI is InChI=1S/C21H22FN7O2/c1-26-8-7-17(24-26)20(30)29-11-15(22)10-16(29)12-27-13-18(23-25-27)21(31)28-9-6-14-4-2-3-5-19(14)28/h2-5,7-8,13,15-16H,6,9-12H2,1H3. The van der Waals surface area contributed by atoms with Crippen LogP contribution in [0.1, 0.15) is 33.0 Å². The minimum atomic E-state index is -1.11. The van der Waals surface area contributed by atoms with Crippen LogP contribution in [0.3, 0.4) is 0 Å². The number of fused-ring (bicyclic) bond motifs is 1. The van der Waals surface area contributed by atoms with E-state index < -0.39 is 6.17 Å². The summed E-state index contributed by atoms with van der Waals surface area (Å²) < 4.78 is 17.2. The lowest BCUT2D eigenvalue weighted by Crippen LogP contribution is -2.38. The summed E-state index contributed by atoms with van der Waals surface area (Å²) in [6.07, 6.45) is 3.15. The van der Waals surface area contributed by atoms with Gasteiger partial charge in [0.2, 0.25) is 0 Å². The van der Waals surface area contributed by atoms with E-state index in [1.165, 1.54) is 14.3 Å². The van der Waals surface area contributed by atoms with E-state index >= 15 is 0 Å². The van der Waals surface area contributed by atoms with Crippen molar-refractivity contribution in [3.05, 3.63) is 59.7 Å². The summed E-state index contributed by atoms with van der Waals surface area (Å²) in [7, 11) is 1.73. The summed E-state index contributed by atoms with van der Waals surface area (Å²) in [6.45, 7) is 0.879. The first kappa shape index (κ1) is 19.4. The van der Waals surface area contributed by atoms with Crippen LogP contribution in [-0.4, -0.2) is 66.8 Å². The van der Waals surface area contributed by atoms with Crippen molar-refractivity contribution in [1.82, 2.24) is 29.7 Å². The topological polar surface area (TPSA) is 89.2 Å². The van der Waals surface area contributed by atoms with Gasteiger partial charge in [-0.05, 0) is 24.1 Å². The molecule has 0 aliphatic carbocycles. The highest BCUT2D eigenvalue weighted by molar-refractivity contribution is 6.05. The second-order valence-electron chi connectivity index (χ2n) is 7.98. The fourth-order valence-corrected chi connectivity index (χ4v) is 4.35. The first-order valence-electron chi connectivity index (χ1n) is 10.2. The molecule has 1 saturated heterocycles. The van der Waals surface area contributed by atoms with Crippen molar-refractivity contribution in [2.75, 3.05) is 18.0 Å². The number of rotatable bonds is 4. The molecule has 0 spiro atoms. The zero-order valence-corrected chi connectivity index (χ0v) is 17.1. The number of aryl methyl sites for hydroxylation is 1. The Kier molecular flexibility index (Phi) is 4.76. The monoisotopic (exact) mass is 423 g/mol. The van der Waals surface area contributed by atoms with E-state index in [4.69, 9.17) is 0 Å². The molecule has 2 aromatic heterocycles. The molecule has 5 rings (SSSR count). The van der Waals surface area contributed by atoms with Gasteiger partial charge in [-0.3, -0.25) is 14.3 Å². The fraction of sp³-hybridized carbons (Fsp3) is 0.381. The van der Waals surface area contributed by atoms with Crippen LogP contribution in [0.2, 0.25) is 0 Å². The van der Waals surface area contributed by atoms with E-state index in [9.17, 15) is 14.0 Å². The Morgan fingerprint density at radius 2 is 2.00 bits per heavy atom. The minimum Gasteiger partial charge on any atom is -0.329 e. The van der Waals surface area contributed by atoms with Gasteiger partial charge in [0.1, 0.15) is 11.9 Å². The highest BCUT2D eigenvalue weighted by Gasteiger charge is 2.37. The van der Waals surface area contributed by atoms with Crippen molar-refractivity contribution in [2.45, 2.75) is 31.6 Å². The minimum absolute atomic E-state index is 0.0190.